The van der Waals surface area contributed by atoms with Gasteiger partial charge in [-0.2, -0.15) is 0 Å². The number of thiazole rings is 1. The van der Waals surface area contributed by atoms with Gasteiger partial charge in [-0.05, 0) is 51.1 Å². The number of amides is 2. The van der Waals surface area contributed by atoms with Crippen LogP contribution >= 0.6 is 11.3 Å². The van der Waals surface area contributed by atoms with Crippen LogP contribution in [0.1, 0.15) is 31.1 Å². The lowest BCUT2D eigenvalue weighted by atomic mass is 10.2. The zero-order chi connectivity index (χ0) is 18.7. The summed E-state index contributed by atoms with van der Waals surface area (Å²) in [6.45, 7) is 5.36. The van der Waals surface area contributed by atoms with Crippen LogP contribution in [-0.4, -0.2) is 22.6 Å². The largest absolute Gasteiger partial charge is 0.444 e. The summed E-state index contributed by atoms with van der Waals surface area (Å²) in [5.74, 6) is -0.295. The van der Waals surface area contributed by atoms with Gasteiger partial charge in [0.25, 0.3) is 5.91 Å². The molecule has 0 aliphatic heterocycles. The van der Waals surface area contributed by atoms with Crippen LogP contribution in [0.15, 0.2) is 48.5 Å². The number of fused-ring (bicyclic) bond motifs is 1. The van der Waals surface area contributed by atoms with Gasteiger partial charge in [0, 0.05) is 11.3 Å². The van der Waals surface area contributed by atoms with Crippen molar-refractivity contribution in [3.63, 3.8) is 0 Å². The predicted octanol–water partition coefficient (Wildman–Crippen LogP) is 4.90. The van der Waals surface area contributed by atoms with Gasteiger partial charge >= 0.3 is 6.09 Å². The van der Waals surface area contributed by atoms with Crippen LogP contribution in [0.2, 0.25) is 0 Å². The van der Waals surface area contributed by atoms with Crippen molar-refractivity contribution >= 4 is 44.4 Å². The SMILES string of the molecule is CC(C)(C)OC(=O)Nc1cccc(C(=O)Nc2nc3ccccc3s2)c1. The second kappa shape index (κ2) is 7.13. The molecule has 0 spiro atoms. The van der Waals surface area contributed by atoms with Gasteiger partial charge in [0.05, 0.1) is 10.2 Å². The molecule has 134 valence electrons. The number of aromatic nitrogens is 1. The topological polar surface area (TPSA) is 80.3 Å². The Morgan fingerprint density at radius 3 is 2.54 bits per heavy atom. The summed E-state index contributed by atoms with van der Waals surface area (Å²) in [6, 6.07) is 14.3. The van der Waals surface area contributed by atoms with Crippen LogP contribution in [0.25, 0.3) is 10.2 Å². The third kappa shape index (κ3) is 4.58. The second-order valence-electron chi connectivity index (χ2n) is 6.65. The maximum Gasteiger partial charge on any atom is 0.412 e. The van der Waals surface area contributed by atoms with Gasteiger partial charge < -0.3 is 4.74 Å². The van der Waals surface area contributed by atoms with E-state index in [1.807, 2.05) is 24.3 Å². The molecule has 0 unspecified atom stereocenters. The summed E-state index contributed by atoms with van der Waals surface area (Å²) in [7, 11) is 0. The Hall–Kier alpha value is -2.93. The third-order valence-corrected chi connectivity index (χ3v) is 4.24. The quantitative estimate of drug-likeness (QED) is 0.688. The van der Waals surface area contributed by atoms with E-state index in [-0.39, 0.29) is 5.91 Å². The molecule has 0 aliphatic rings. The first-order valence-corrected chi connectivity index (χ1v) is 8.89. The maximum atomic E-state index is 12.5. The average Bonchev–Trinajstić information content (AvgIpc) is 2.95. The summed E-state index contributed by atoms with van der Waals surface area (Å²) in [6.07, 6.45) is -0.568. The van der Waals surface area contributed by atoms with Gasteiger partial charge in [-0.3, -0.25) is 15.4 Å². The van der Waals surface area contributed by atoms with Gasteiger partial charge in [-0.1, -0.05) is 29.5 Å². The zero-order valence-electron chi connectivity index (χ0n) is 14.7. The van der Waals surface area contributed by atoms with Crippen LogP contribution in [0.3, 0.4) is 0 Å². The Bertz CT molecular complexity index is 927. The minimum absolute atomic E-state index is 0.295. The molecule has 0 saturated carbocycles. The lowest BCUT2D eigenvalue weighted by Gasteiger charge is -2.19. The van der Waals surface area contributed by atoms with Crippen molar-refractivity contribution in [2.45, 2.75) is 26.4 Å². The fourth-order valence-electron chi connectivity index (χ4n) is 2.25. The number of nitrogens with one attached hydrogen (secondary N) is 2. The molecular weight excluding hydrogens is 350 g/mol. The first kappa shape index (κ1) is 17.9. The predicted molar refractivity (Wildman–Crippen MR) is 104 cm³/mol. The number of carbonyl (C=O) groups excluding carboxylic acids is 2. The molecule has 0 fully saturated rings. The summed E-state index contributed by atoms with van der Waals surface area (Å²) < 4.78 is 6.22. The molecule has 0 saturated heterocycles. The number of carbonyl (C=O) groups is 2. The van der Waals surface area contributed by atoms with E-state index in [1.165, 1.54) is 11.3 Å². The molecular formula is C19H19N3O3S. The molecule has 6 nitrogen and oxygen atoms in total. The van der Waals surface area contributed by atoms with Crippen molar-refractivity contribution in [3.05, 3.63) is 54.1 Å². The molecule has 1 heterocycles. The van der Waals surface area contributed by atoms with Crippen molar-refractivity contribution in [2.75, 3.05) is 10.6 Å². The van der Waals surface area contributed by atoms with Crippen molar-refractivity contribution in [1.29, 1.82) is 0 Å². The summed E-state index contributed by atoms with van der Waals surface area (Å²) >= 11 is 1.41. The van der Waals surface area contributed by atoms with Gasteiger partial charge in [0.15, 0.2) is 5.13 Å². The monoisotopic (exact) mass is 369 g/mol. The van der Waals surface area contributed by atoms with Gasteiger partial charge in [-0.15, -0.1) is 0 Å². The number of hydrogen-bond donors (Lipinski definition) is 2. The van der Waals surface area contributed by atoms with Gasteiger partial charge in [-0.25, -0.2) is 9.78 Å². The Morgan fingerprint density at radius 2 is 1.81 bits per heavy atom. The number of hydrogen-bond acceptors (Lipinski definition) is 5. The van der Waals surface area contributed by atoms with Crippen molar-refractivity contribution in [3.8, 4) is 0 Å². The molecule has 3 aromatic rings. The first-order chi connectivity index (χ1) is 12.3. The molecule has 0 atom stereocenters. The molecule has 0 aliphatic carbocycles. The summed E-state index contributed by atoms with van der Waals surface area (Å²) in [5.41, 5.74) is 1.15. The molecule has 0 radical (unpaired) electrons. The first-order valence-electron chi connectivity index (χ1n) is 8.07. The second-order valence-corrected chi connectivity index (χ2v) is 7.68. The third-order valence-electron chi connectivity index (χ3n) is 3.28. The Kier molecular flexibility index (Phi) is 4.90. The number of para-hydroxylation sites is 1. The van der Waals surface area contributed by atoms with Crippen molar-refractivity contribution < 1.29 is 14.3 Å². The lowest BCUT2D eigenvalue weighted by Crippen LogP contribution is -2.27. The molecule has 3 rings (SSSR count). The van der Waals surface area contributed by atoms with Gasteiger partial charge in [0.2, 0.25) is 0 Å². The van der Waals surface area contributed by atoms with Crippen LogP contribution in [-0.2, 0) is 4.74 Å². The van der Waals surface area contributed by atoms with E-state index < -0.39 is 11.7 Å². The number of anilines is 2. The summed E-state index contributed by atoms with van der Waals surface area (Å²) in [4.78, 5) is 28.7. The molecule has 26 heavy (non-hydrogen) atoms. The summed E-state index contributed by atoms with van der Waals surface area (Å²) in [5, 5.41) is 5.95. The highest BCUT2D eigenvalue weighted by molar-refractivity contribution is 7.22. The highest BCUT2D eigenvalue weighted by Crippen LogP contribution is 2.26. The molecule has 7 heteroatoms. The Balaban J connectivity index is 1.70. The van der Waals surface area contributed by atoms with E-state index in [0.29, 0.717) is 16.4 Å². The Morgan fingerprint density at radius 1 is 1.04 bits per heavy atom. The lowest BCUT2D eigenvalue weighted by molar-refractivity contribution is 0.0635. The number of benzene rings is 2. The van der Waals surface area contributed by atoms with Crippen LogP contribution in [0, 0.1) is 0 Å². The average molecular weight is 369 g/mol. The molecule has 2 aromatic carbocycles. The van der Waals surface area contributed by atoms with E-state index in [2.05, 4.69) is 15.6 Å². The zero-order valence-corrected chi connectivity index (χ0v) is 15.5. The fourth-order valence-corrected chi connectivity index (χ4v) is 3.12. The van der Waals surface area contributed by atoms with Crippen LogP contribution < -0.4 is 10.6 Å². The maximum absolute atomic E-state index is 12.5. The molecule has 0 bridgehead atoms. The minimum Gasteiger partial charge on any atom is -0.444 e. The minimum atomic E-state index is -0.591. The van der Waals surface area contributed by atoms with Crippen molar-refractivity contribution in [1.82, 2.24) is 4.98 Å². The van der Waals surface area contributed by atoms with Crippen molar-refractivity contribution in [2.24, 2.45) is 0 Å². The van der Waals surface area contributed by atoms with Crippen LogP contribution in [0.5, 0.6) is 0 Å². The van der Waals surface area contributed by atoms with Crippen LogP contribution in [0.4, 0.5) is 15.6 Å². The van der Waals surface area contributed by atoms with E-state index >= 15 is 0 Å². The molecule has 2 amide bonds. The number of ether oxygens (including phenoxy) is 1. The van der Waals surface area contributed by atoms with E-state index in [9.17, 15) is 9.59 Å². The highest BCUT2D eigenvalue weighted by Gasteiger charge is 2.17. The normalized spacial score (nSPS) is 11.2. The Labute approximate surface area is 155 Å². The van der Waals surface area contributed by atoms with E-state index in [4.69, 9.17) is 4.74 Å². The highest BCUT2D eigenvalue weighted by atomic mass is 32.1. The fraction of sp³-hybridized carbons (Fsp3) is 0.211. The standard InChI is InChI=1S/C19H19N3O3S/c1-19(2,3)25-18(24)20-13-8-6-7-12(11-13)16(23)22-17-21-14-9-4-5-10-15(14)26-17/h4-11H,1-3H3,(H,20,24)(H,21,22,23). The van der Waals surface area contributed by atoms with E-state index in [0.717, 1.165) is 10.2 Å². The molecule has 2 N–H and O–H groups in total. The molecule has 1 aromatic heterocycles. The van der Waals surface area contributed by atoms with E-state index in [1.54, 1.807) is 45.0 Å². The number of nitrogens with zero attached hydrogens (tertiary/aromatic N) is 1. The van der Waals surface area contributed by atoms with Gasteiger partial charge in [0.1, 0.15) is 5.60 Å². The smallest absolute Gasteiger partial charge is 0.412 e. The number of rotatable bonds is 3.